The summed E-state index contributed by atoms with van der Waals surface area (Å²) in [6.07, 6.45) is 0.937. The maximum Gasteiger partial charge on any atom is 0.264 e. The zero-order chi connectivity index (χ0) is 12.7. The van der Waals surface area contributed by atoms with Crippen molar-refractivity contribution in [1.29, 1.82) is 0 Å². The topological polar surface area (TPSA) is 30.7 Å². The zero-order valence-corrected chi connectivity index (χ0v) is 10.3. The third-order valence-electron chi connectivity index (χ3n) is 2.76. The Morgan fingerprint density at radius 3 is 2.83 bits per heavy atom. The molecular weight excluding hydrogens is 256 g/mol. The molecule has 0 saturated carbocycles. The van der Waals surface area contributed by atoms with Crippen molar-refractivity contribution in [1.82, 2.24) is 14.8 Å². The summed E-state index contributed by atoms with van der Waals surface area (Å²) in [6, 6.07) is 3.42. The van der Waals surface area contributed by atoms with Gasteiger partial charge in [-0.15, -0.1) is 11.3 Å². The van der Waals surface area contributed by atoms with Gasteiger partial charge in [0.15, 0.2) is 0 Å². The molecule has 0 radical (unpaired) electrons. The van der Waals surface area contributed by atoms with E-state index in [1.54, 1.807) is 17.1 Å². The number of rotatable bonds is 2. The van der Waals surface area contributed by atoms with Crippen LogP contribution in [0.3, 0.4) is 0 Å². The number of fused-ring (bicyclic) bond motifs is 1. The fraction of sp³-hybridized carbons (Fsp3) is 0.167. The Morgan fingerprint density at radius 1 is 1.28 bits per heavy atom. The number of thiophene rings is 1. The molecule has 0 aliphatic rings. The number of hydrogen-bond acceptors (Lipinski definition) is 3. The lowest BCUT2D eigenvalue weighted by Crippen LogP contribution is -1.89. The highest BCUT2D eigenvalue weighted by atomic mass is 32.1. The third-order valence-corrected chi connectivity index (χ3v) is 3.75. The van der Waals surface area contributed by atoms with Crippen molar-refractivity contribution < 1.29 is 8.78 Å². The number of hydrogen-bond donors (Lipinski definition) is 0. The van der Waals surface area contributed by atoms with E-state index in [4.69, 9.17) is 0 Å². The zero-order valence-electron chi connectivity index (χ0n) is 9.47. The van der Waals surface area contributed by atoms with E-state index in [-0.39, 0.29) is 5.56 Å². The van der Waals surface area contributed by atoms with Crippen molar-refractivity contribution in [3.05, 3.63) is 35.5 Å². The average Bonchev–Trinajstić information content (AvgIpc) is 2.96. The molecular formula is C12H9F2N3S. The lowest BCUT2D eigenvalue weighted by atomic mass is 10.2. The van der Waals surface area contributed by atoms with Gasteiger partial charge in [-0.1, -0.05) is 0 Å². The van der Waals surface area contributed by atoms with Crippen LogP contribution >= 0.6 is 11.3 Å². The Balaban J connectivity index is 2.09. The maximum atomic E-state index is 12.5. The van der Waals surface area contributed by atoms with Gasteiger partial charge < -0.3 is 0 Å². The molecule has 0 N–H and O–H groups in total. The second-order valence-electron chi connectivity index (χ2n) is 3.94. The fourth-order valence-corrected chi connectivity index (χ4v) is 2.66. The van der Waals surface area contributed by atoms with Gasteiger partial charge in [0.2, 0.25) is 0 Å². The van der Waals surface area contributed by atoms with Crippen LogP contribution < -0.4 is 0 Å². The van der Waals surface area contributed by atoms with Gasteiger partial charge in [-0.25, -0.2) is 8.78 Å². The molecule has 6 heteroatoms. The fourth-order valence-electron chi connectivity index (χ4n) is 1.78. The maximum absolute atomic E-state index is 12.5. The molecule has 0 spiro atoms. The molecule has 0 amide bonds. The monoisotopic (exact) mass is 265 g/mol. The second-order valence-corrected chi connectivity index (χ2v) is 4.85. The first kappa shape index (κ1) is 11.3. The largest absolute Gasteiger partial charge is 0.266 e. The van der Waals surface area contributed by atoms with Gasteiger partial charge in [0.05, 0.1) is 11.7 Å². The Kier molecular flexibility index (Phi) is 2.59. The molecule has 0 saturated heterocycles. The van der Waals surface area contributed by atoms with E-state index in [1.807, 2.05) is 13.1 Å². The molecule has 0 aromatic carbocycles. The van der Waals surface area contributed by atoms with Crippen molar-refractivity contribution in [3.63, 3.8) is 0 Å². The van der Waals surface area contributed by atoms with E-state index < -0.39 is 6.43 Å². The summed E-state index contributed by atoms with van der Waals surface area (Å²) in [5, 5.41) is 5.58. The minimum absolute atomic E-state index is 0.0557. The number of nitrogens with zero attached hydrogens (tertiary/aromatic N) is 3. The molecule has 0 aliphatic carbocycles. The predicted octanol–water partition coefficient (Wildman–Crippen LogP) is 3.63. The Hall–Kier alpha value is -1.82. The SMILES string of the molecule is Cn1ncc2ncc(-c3cc(C(F)F)cs3)cc21. The van der Waals surface area contributed by atoms with Crippen molar-refractivity contribution in [3.8, 4) is 10.4 Å². The number of alkyl halides is 2. The van der Waals surface area contributed by atoms with Crippen LogP contribution in [-0.2, 0) is 7.05 Å². The molecule has 3 heterocycles. The lowest BCUT2D eigenvalue weighted by Gasteiger charge is -1.98. The summed E-state index contributed by atoms with van der Waals surface area (Å²) in [7, 11) is 1.83. The molecule has 0 aliphatic heterocycles. The Bertz CT molecular complexity index is 702. The van der Waals surface area contributed by atoms with Gasteiger partial charge in [-0.3, -0.25) is 9.67 Å². The van der Waals surface area contributed by atoms with Crippen LogP contribution in [0.25, 0.3) is 21.5 Å². The van der Waals surface area contributed by atoms with Crippen LogP contribution in [-0.4, -0.2) is 14.8 Å². The molecule has 3 rings (SSSR count). The third kappa shape index (κ3) is 1.78. The number of aromatic nitrogens is 3. The van der Waals surface area contributed by atoms with Crippen LogP contribution in [0.2, 0.25) is 0 Å². The standard InChI is InChI=1S/C12H9F2N3S/c1-17-10-2-7(4-15-9(10)5-16-17)11-3-8(6-18-11)12(13)14/h2-6,12H,1H3. The van der Waals surface area contributed by atoms with E-state index in [1.165, 1.54) is 22.8 Å². The lowest BCUT2D eigenvalue weighted by molar-refractivity contribution is 0.152. The Labute approximate surface area is 106 Å². The number of pyridine rings is 1. The average molecular weight is 265 g/mol. The van der Waals surface area contributed by atoms with E-state index in [0.29, 0.717) is 0 Å². The van der Waals surface area contributed by atoms with E-state index in [9.17, 15) is 8.78 Å². The van der Waals surface area contributed by atoms with Crippen LogP contribution in [0.1, 0.15) is 12.0 Å². The van der Waals surface area contributed by atoms with Crippen LogP contribution in [0.4, 0.5) is 8.78 Å². The summed E-state index contributed by atoms with van der Waals surface area (Å²) < 4.78 is 26.8. The first-order valence-corrected chi connectivity index (χ1v) is 6.18. The summed E-state index contributed by atoms with van der Waals surface area (Å²) in [5.41, 5.74) is 2.58. The van der Waals surface area contributed by atoms with Gasteiger partial charge in [-0.2, -0.15) is 5.10 Å². The highest BCUT2D eigenvalue weighted by Gasteiger charge is 2.12. The summed E-state index contributed by atoms with van der Waals surface area (Å²) in [4.78, 5) is 5.06. The van der Waals surface area contributed by atoms with Gasteiger partial charge in [0.25, 0.3) is 6.43 Å². The summed E-state index contributed by atoms with van der Waals surface area (Å²) in [6.45, 7) is 0. The molecule has 3 aromatic rings. The second kappa shape index (κ2) is 4.13. The van der Waals surface area contributed by atoms with Crippen LogP contribution in [0.5, 0.6) is 0 Å². The highest BCUT2D eigenvalue weighted by Crippen LogP contribution is 2.32. The number of aryl methyl sites for hydroxylation is 1. The first-order chi connectivity index (χ1) is 8.65. The van der Waals surface area contributed by atoms with Crippen molar-refractivity contribution in [2.45, 2.75) is 6.43 Å². The van der Waals surface area contributed by atoms with Crippen molar-refractivity contribution >= 4 is 22.4 Å². The van der Waals surface area contributed by atoms with Gasteiger partial charge in [-0.05, 0) is 12.1 Å². The predicted molar refractivity (Wildman–Crippen MR) is 66.8 cm³/mol. The quantitative estimate of drug-likeness (QED) is 0.708. The van der Waals surface area contributed by atoms with Gasteiger partial charge in [0.1, 0.15) is 5.52 Å². The van der Waals surface area contributed by atoms with Crippen molar-refractivity contribution in [2.75, 3.05) is 0 Å². The molecule has 0 atom stereocenters. The minimum atomic E-state index is -2.43. The molecule has 18 heavy (non-hydrogen) atoms. The highest BCUT2D eigenvalue weighted by molar-refractivity contribution is 7.13. The molecule has 0 fully saturated rings. The van der Waals surface area contributed by atoms with Crippen LogP contribution in [0.15, 0.2) is 29.9 Å². The molecule has 3 aromatic heterocycles. The summed E-state index contributed by atoms with van der Waals surface area (Å²) in [5.74, 6) is 0. The van der Waals surface area contributed by atoms with Crippen molar-refractivity contribution in [2.24, 2.45) is 7.05 Å². The first-order valence-electron chi connectivity index (χ1n) is 5.30. The van der Waals surface area contributed by atoms with Gasteiger partial charge >= 0.3 is 0 Å². The smallest absolute Gasteiger partial charge is 0.264 e. The summed E-state index contributed by atoms with van der Waals surface area (Å²) >= 11 is 1.30. The van der Waals surface area contributed by atoms with Crippen LogP contribution in [0, 0.1) is 0 Å². The molecule has 92 valence electrons. The number of halogens is 2. The minimum Gasteiger partial charge on any atom is -0.266 e. The molecule has 0 bridgehead atoms. The Morgan fingerprint density at radius 2 is 2.11 bits per heavy atom. The van der Waals surface area contributed by atoms with E-state index >= 15 is 0 Å². The molecule has 3 nitrogen and oxygen atoms in total. The van der Waals surface area contributed by atoms with Gasteiger partial charge in [0, 0.05) is 34.6 Å². The normalized spacial score (nSPS) is 11.6. The molecule has 0 unspecified atom stereocenters. The van der Waals surface area contributed by atoms with E-state index in [2.05, 4.69) is 10.1 Å². The van der Waals surface area contributed by atoms with E-state index in [0.717, 1.165) is 21.5 Å².